The summed E-state index contributed by atoms with van der Waals surface area (Å²) in [5.74, 6) is 0.846. The number of phenols is 1. The van der Waals surface area contributed by atoms with E-state index in [1.54, 1.807) is 6.07 Å². The Morgan fingerprint density at radius 2 is 2.12 bits per heavy atom. The summed E-state index contributed by atoms with van der Waals surface area (Å²) in [5, 5.41) is 22.1. The van der Waals surface area contributed by atoms with Crippen LogP contribution in [0.25, 0.3) is 0 Å². The zero-order valence-electron chi connectivity index (χ0n) is 9.83. The lowest BCUT2D eigenvalue weighted by Crippen LogP contribution is -2.22. The van der Waals surface area contributed by atoms with Crippen LogP contribution in [0.4, 0.5) is 0 Å². The van der Waals surface area contributed by atoms with Crippen LogP contribution in [0.3, 0.4) is 0 Å². The van der Waals surface area contributed by atoms with Gasteiger partial charge in [-0.2, -0.15) is 0 Å². The number of hydrogen-bond donors (Lipinski definition) is 3. The number of fused-ring (bicyclic) bond motifs is 1. The van der Waals surface area contributed by atoms with Gasteiger partial charge in [-0.05, 0) is 36.5 Å². The minimum absolute atomic E-state index is 0.132. The summed E-state index contributed by atoms with van der Waals surface area (Å²) < 4.78 is 0. The van der Waals surface area contributed by atoms with E-state index in [1.807, 2.05) is 6.07 Å². The highest BCUT2D eigenvalue weighted by molar-refractivity contribution is 5.50. The Kier molecular flexibility index (Phi) is 3.17. The first-order valence-corrected chi connectivity index (χ1v) is 5.81. The van der Waals surface area contributed by atoms with Gasteiger partial charge in [0, 0.05) is 18.2 Å². The fourth-order valence-electron chi connectivity index (χ4n) is 2.77. The summed E-state index contributed by atoms with van der Waals surface area (Å²) in [6.07, 6.45) is 0.994. The zero-order valence-corrected chi connectivity index (χ0v) is 9.83. The van der Waals surface area contributed by atoms with E-state index in [9.17, 15) is 5.11 Å². The third-order valence-electron chi connectivity index (χ3n) is 3.42. The maximum Gasteiger partial charge on any atom is 0.120 e. The topological polar surface area (TPSA) is 52.5 Å². The molecule has 0 spiro atoms. The molecular weight excluding hydrogens is 202 g/mol. The maximum atomic E-state index is 9.94. The van der Waals surface area contributed by atoms with E-state index in [2.05, 4.69) is 19.2 Å². The highest BCUT2D eigenvalue weighted by atomic mass is 16.3. The van der Waals surface area contributed by atoms with Crippen LogP contribution in [-0.4, -0.2) is 23.4 Å². The van der Waals surface area contributed by atoms with Crippen LogP contribution in [0.15, 0.2) is 12.1 Å². The number of rotatable bonds is 3. The van der Waals surface area contributed by atoms with Gasteiger partial charge < -0.3 is 15.5 Å². The number of nitrogens with one attached hydrogen (secondary N) is 1. The highest BCUT2D eigenvalue weighted by Crippen LogP contribution is 2.45. The molecule has 0 aliphatic heterocycles. The molecule has 88 valence electrons. The molecule has 1 aromatic rings. The Balaban J connectivity index is 2.36. The van der Waals surface area contributed by atoms with Crippen molar-refractivity contribution in [3.8, 4) is 5.75 Å². The Bertz CT molecular complexity index is 390. The first-order valence-electron chi connectivity index (χ1n) is 5.81. The Labute approximate surface area is 96.1 Å². The second-order valence-electron chi connectivity index (χ2n) is 4.60. The normalized spacial score (nSPS) is 23.4. The van der Waals surface area contributed by atoms with Crippen molar-refractivity contribution in [3.63, 3.8) is 0 Å². The molecule has 0 aromatic heterocycles. The molecule has 2 atom stereocenters. The van der Waals surface area contributed by atoms with E-state index in [4.69, 9.17) is 5.11 Å². The molecule has 0 radical (unpaired) electrons. The monoisotopic (exact) mass is 221 g/mol. The molecule has 0 saturated heterocycles. The van der Waals surface area contributed by atoms with Gasteiger partial charge in [0.05, 0.1) is 6.61 Å². The number of phenolic OH excluding ortho intramolecular Hbond substituents is 1. The summed E-state index contributed by atoms with van der Waals surface area (Å²) in [6.45, 7) is 4.98. The van der Waals surface area contributed by atoms with Crippen molar-refractivity contribution in [2.75, 3.05) is 13.2 Å². The first kappa shape index (κ1) is 11.4. The molecule has 2 unspecified atom stereocenters. The lowest BCUT2D eigenvalue weighted by molar-refractivity contribution is 0.282. The van der Waals surface area contributed by atoms with Crippen molar-refractivity contribution in [2.45, 2.75) is 32.2 Å². The van der Waals surface area contributed by atoms with E-state index in [-0.39, 0.29) is 12.6 Å². The SMILES string of the molecule is Cc1ccc(O)c2c1C(C)CC2NCCO. The molecule has 16 heavy (non-hydrogen) atoms. The fraction of sp³-hybridized carbons (Fsp3) is 0.538. The Hall–Kier alpha value is -1.06. The van der Waals surface area contributed by atoms with E-state index in [0.29, 0.717) is 18.2 Å². The lowest BCUT2D eigenvalue weighted by Gasteiger charge is -2.14. The lowest BCUT2D eigenvalue weighted by atomic mass is 9.97. The third kappa shape index (κ3) is 1.81. The highest BCUT2D eigenvalue weighted by Gasteiger charge is 2.31. The first-order chi connectivity index (χ1) is 7.65. The number of aliphatic hydroxyl groups excluding tert-OH is 1. The van der Waals surface area contributed by atoms with Gasteiger partial charge in [0.15, 0.2) is 0 Å². The van der Waals surface area contributed by atoms with E-state index in [0.717, 1.165) is 12.0 Å². The number of aromatic hydroxyl groups is 1. The van der Waals surface area contributed by atoms with Crippen molar-refractivity contribution >= 4 is 0 Å². The number of aliphatic hydroxyl groups is 1. The molecule has 1 aliphatic rings. The maximum absolute atomic E-state index is 9.94. The smallest absolute Gasteiger partial charge is 0.120 e. The standard InChI is InChI=1S/C13H19NO2/c1-8-3-4-11(16)13-10(14-5-6-15)7-9(2)12(8)13/h3-4,9-10,14-16H,5-7H2,1-2H3. The van der Waals surface area contributed by atoms with Crippen LogP contribution < -0.4 is 5.32 Å². The van der Waals surface area contributed by atoms with Crippen LogP contribution in [0.5, 0.6) is 5.75 Å². The second-order valence-corrected chi connectivity index (χ2v) is 4.60. The molecule has 3 N–H and O–H groups in total. The Morgan fingerprint density at radius 3 is 2.81 bits per heavy atom. The van der Waals surface area contributed by atoms with Gasteiger partial charge in [0.1, 0.15) is 5.75 Å². The van der Waals surface area contributed by atoms with Crippen molar-refractivity contribution < 1.29 is 10.2 Å². The van der Waals surface area contributed by atoms with Crippen LogP contribution in [0, 0.1) is 6.92 Å². The number of benzene rings is 1. The summed E-state index contributed by atoms with van der Waals surface area (Å²) in [4.78, 5) is 0. The predicted molar refractivity (Wildman–Crippen MR) is 63.7 cm³/mol. The summed E-state index contributed by atoms with van der Waals surface area (Å²) in [5.41, 5.74) is 3.55. The molecule has 3 nitrogen and oxygen atoms in total. The minimum Gasteiger partial charge on any atom is -0.508 e. The van der Waals surface area contributed by atoms with Gasteiger partial charge in [-0.25, -0.2) is 0 Å². The molecule has 3 heteroatoms. The predicted octanol–water partition coefficient (Wildman–Crippen LogP) is 1.83. The van der Waals surface area contributed by atoms with Gasteiger partial charge in [0.2, 0.25) is 0 Å². The van der Waals surface area contributed by atoms with Crippen molar-refractivity contribution in [1.82, 2.24) is 5.32 Å². The fourth-order valence-corrected chi connectivity index (χ4v) is 2.77. The van der Waals surface area contributed by atoms with E-state index < -0.39 is 0 Å². The largest absolute Gasteiger partial charge is 0.508 e. The molecule has 0 fully saturated rings. The van der Waals surface area contributed by atoms with Gasteiger partial charge in [-0.3, -0.25) is 0 Å². The molecule has 0 heterocycles. The number of aryl methyl sites for hydroxylation is 1. The summed E-state index contributed by atoms with van der Waals surface area (Å²) >= 11 is 0. The number of hydrogen-bond acceptors (Lipinski definition) is 3. The zero-order chi connectivity index (χ0) is 11.7. The quantitative estimate of drug-likeness (QED) is 0.730. The van der Waals surface area contributed by atoms with E-state index >= 15 is 0 Å². The molecule has 2 rings (SSSR count). The molecule has 0 saturated carbocycles. The van der Waals surface area contributed by atoms with Crippen LogP contribution in [-0.2, 0) is 0 Å². The molecule has 1 aromatic carbocycles. The molecule has 0 amide bonds. The third-order valence-corrected chi connectivity index (χ3v) is 3.42. The van der Waals surface area contributed by atoms with Gasteiger partial charge in [0.25, 0.3) is 0 Å². The average molecular weight is 221 g/mol. The van der Waals surface area contributed by atoms with Crippen LogP contribution in [0.2, 0.25) is 0 Å². The van der Waals surface area contributed by atoms with Crippen molar-refractivity contribution in [1.29, 1.82) is 0 Å². The van der Waals surface area contributed by atoms with Crippen LogP contribution in [0.1, 0.15) is 42.0 Å². The van der Waals surface area contributed by atoms with E-state index in [1.165, 1.54) is 11.1 Å². The summed E-state index contributed by atoms with van der Waals surface area (Å²) in [7, 11) is 0. The molecular formula is C13H19NO2. The van der Waals surface area contributed by atoms with Crippen LogP contribution >= 0.6 is 0 Å². The van der Waals surface area contributed by atoms with Gasteiger partial charge >= 0.3 is 0 Å². The summed E-state index contributed by atoms with van der Waals surface area (Å²) in [6, 6.07) is 3.91. The molecule has 1 aliphatic carbocycles. The van der Waals surface area contributed by atoms with Gasteiger partial charge in [-0.1, -0.05) is 13.0 Å². The Morgan fingerprint density at radius 1 is 1.38 bits per heavy atom. The van der Waals surface area contributed by atoms with Crippen molar-refractivity contribution in [2.24, 2.45) is 0 Å². The molecule has 0 bridgehead atoms. The minimum atomic E-state index is 0.132. The van der Waals surface area contributed by atoms with Crippen molar-refractivity contribution in [3.05, 3.63) is 28.8 Å². The van der Waals surface area contributed by atoms with Gasteiger partial charge in [-0.15, -0.1) is 0 Å². The second kappa shape index (κ2) is 4.44. The average Bonchev–Trinajstić information content (AvgIpc) is 2.59.